The van der Waals surface area contributed by atoms with Crippen LogP contribution in [0.2, 0.25) is 0 Å². The first-order valence-electron chi connectivity index (χ1n) is 9.83. The Morgan fingerprint density at radius 2 is 1.52 bits per heavy atom. The summed E-state index contributed by atoms with van der Waals surface area (Å²) in [6.07, 6.45) is 3.21. The van der Waals surface area contributed by atoms with Crippen LogP contribution in [0.15, 0.2) is 84.9 Å². The number of aromatic nitrogens is 4. The Bertz CT molecular complexity index is 1140. The van der Waals surface area contributed by atoms with Gasteiger partial charge >= 0.3 is 0 Å². The fourth-order valence-electron chi connectivity index (χ4n) is 3.68. The predicted molar refractivity (Wildman–Crippen MR) is 115 cm³/mol. The Hall–Kier alpha value is -3.73. The number of nitrogens with zero attached hydrogens (tertiary/aromatic N) is 4. The molecule has 0 bridgehead atoms. The number of benzene rings is 3. The van der Waals surface area contributed by atoms with Crippen molar-refractivity contribution < 1.29 is 0 Å². The SMILES string of the molecule is CCc1ccc([C@H]2C=C(c3ccc(-c4ccccc4)cc3)Nc3nnnn32)cc1. The number of allylic oxidation sites excluding steroid dienone is 1. The van der Waals surface area contributed by atoms with Gasteiger partial charge in [0.2, 0.25) is 5.95 Å². The molecule has 0 spiro atoms. The third kappa shape index (κ3) is 3.31. The molecule has 4 aromatic rings. The lowest BCUT2D eigenvalue weighted by atomic mass is 9.98. The van der Waals surface area contributed by atoms with Gasteiger partial charge in [-0.3, -0.25) is 0 Å². The minimum absolute atomic E-state index is 0.0454. The summed E-state index contributed by atoms with van der Waals surface area (Å²) < 4.78 is 1.82. The number of hydrogen-bond donors (Lipinski definition) is 1. The van der Waals surface area contributed by atoms with Crippen molar-refractivity contribution in [2.45, 2.75) is 19.4 Å². The molecule has 2 heterocycles. The average Bonchev–Trinajstić information content (AvgIpc) is 3.28. The van der Waals surface area contributed by atoms with Gasteiger partial charge in [0.15, 0.2) is 0 Å². The molecule has 0 saturated heterocycles. The van der Waals surface area contributed by atoms with E-state index in [-0.39, 0.29) is 6.04 Å². The molecular weight excluding hydrogens is 358 g/mol. The lowest BCUT2D eigenvalue weighted by molar-refractivity contribution is 0.585. The highest BCUT2D eigenvalue weighted by Crippen LogP contribution is 2.32. The predicted octanol–water partition coefficient (Wildman–Crippen LogP) is 4.96. The first kappa shape index (κ1) is 17.4. The summed E-state index contributed by atoms with van der Waals surface area (Å²) in [5, 5.41) is 15.6. The van der Waals surface area contributed by atoms with Gasteiger partial charge in [0.05, 0.1) is 0 Å². The standard InChI is InChI=1S/C24H21N5/c1-2-17-8-10-21(11-9-17)23-16-22(25-24-26-27-28-29(23)24)20-14-12-19(13-15-20)18-6-4-3-5-7-18/h3-16,23H,2H2,1H3,(H,25,26,28)/t23-/m1/s1. The Morgan fingerprint density at radius 3 is 2.24 bits per heavy atom. The van der Waals surface area contributed by atoms with E-state index in [9.17, 15) is 0 Å². The molecule has 0 radical (unpaired) electrons. The molecule has 1 aromatic heterocycles. The molecule has 5 nitrogen and oxygen atoms in total. The Labute approximate surface area is 169 Å². The smallest absolute Gasteiger partial charge is 0.248 e. The number of anilines is 1. The number of nitrogens with one attached hydrogen (secondary N) is 1. The van der Waals surface area contributed by atoms with Gasteiger partial charge < -0.3 is 5.32 Å². The summed E-state index contributed by atoms with van der Waals surface area (Å²) in [6, 6.07) is 27.6. The van der Waals surface area contributed by atoms with Crippen LogP contribution < -0.4 is 5.32 Å². The second kappa shape index (κ2) is 7.36. The van der Waals surface area contributed by atoms with Gasteiger partial charge in [-0.15, -0.1) is 0 Å². The van der Waals surface area contributed by atoms with Gasteiger partial charge in [0.1, 0.15) is 6.04 Å². The van der Waals surface area contributed by atoms with Crippen LogP contribution in [-0.4, -0.2) is 20.2 Å². The van der Waals surface area contributed by atoms with E-state index in [1.807, 2.05) is 10.7 Å². The van der Waals surface area contributed by atoms with Crippen molar-refractivity contribution in [3.8, 4) is 11.1 Å². The lowest BCUT2D eigenvalue weighted by Gasteiger charge is -2.23. The maximum Gasteiger partial charge on any atom is 0.248 e. The molecule has 0 fully saturated rings. The summed E-state index contributed by atoms with van der Waals surface area (Å²) >= 11 is 0. The van der Waals surface area contributed by atoms with E-state index >= 15 is 0 Å². The monoisotopic (exact) mass is 379 g/mol. The highest BCUT2D eigenvalue weighted by atomic mass is 15.6. The number of aryl methyl sites for hydroxylation is 1. The first-order chi connectivity index (χ1) is 14.3. The van der Waals surface area contributed by atoms with Crippen LogP contribution in [0.4, 0.5) is 5.95 Å². The van der Waals surface area contributed by atoms with E-state index in [4.69, 9.17) is 0 Å². The van der Waals surface area contributed by atoms with Gasteiger partial charge in [-0.05, 0) is 50.7 Å². The minimum atomic E-state index is -0.0454. The fourth-order valence-corrected chi connectivity index (χ4v) is 3.68. The van der Waals surface area contributed by atoms with Crippen molar-refractivity contribution in [1.29, 1.82) is 0 Å². The van der Waals surface area contributed by atoms with Crippen LogP contribution in [-0.2, 0) is 6.42 Å². The van der Waals surface area contributed by atoms with E-state index in [1.165, 1.54) is 16.7 Å². The number of rotatable bonds is 4. The summed E-state index contributed by atoms with van der Waals surface area (Å²) in [5.74, 6) is 0.652. The lowest BCUT2D eigenvalue weighted by Crippen LogP contribution is -2.20. The molecule has 0 amide bonds. The van der Waals surface area contributed by atoms with Crippen molar-refractivity contribution >= 4 is 11.6 Å². The van der Waals surface area contributed by atoms with Crippen molar-refractivity contribution in [3.63, 3.8) is 0 Å². The largest absolute Gasteiger partial charge is 0.323 e. The molecule has 1 aliphatic heterocycles. The number of tetrazole rings is 1. The Kier molecular flexibility index (Phi) is 4.41. The maximum atomic E-state index is 4.19. The quantitative estimate of drug-likeness (QED) is 0.545. The third-order valence-electron chi connectivity index (χ3n) is 5.36. The molecule has 5 rings (SSSR count). The highest BCUT2D eigenvalue weighted by Gasteiger charge is 2.24. The number of hydrogen-bond acceptors (Lipinski definition) is 4. The van der Waals surface area contributed by atoms with Crippen molar-refractivity contribution in [2.24, 2.45) is 0 Å². The molecule has 1 atom stereocenters. The van der Waals surface area contributed by atoms with Crippen LogP contribution in [0.5, 0.6) is 0 Å². The summed E-state index contributed by atoms with van der Waals surface area (Å²) in [6.45, 7) is 2.16. The van der Waals surface area contributed by atoms with Crippen molar-refractivity contribution in [2.75, 3.05) is 5.32 Å². The second-order valence-electron chi connectivity index (χ2n) is 7.14. The zero-order valence-electron chi connectivity index (χ0n) is 16.2. The fraction of sp³-hybridized carbons (Fsp3) is 0.125. The molecule has 0 unspecified atom stereocenters. The molecule has 0 saturated carbocycles. The van der Waals surface area contributed by atoms with E-state index < -0.39 is 0 Å². The molecule has 3 aromatic carbocycles. The van der Waals surface area contributed by atoms with Crippen LogP contribution in [0.3, 0.4) is 0 Å². The summed E-state index contributed by atoms with van der Waals surface area (Å²) in [7, 11) is 0. The molecule has 29 heavy (non-hydrogen) atoms. The zero-order chi connectivity index (χ0) is 19.6. The van der Waals surface area contributed by atoms with Crippen LogP contribution in [0.1, 0.15) is 29.7 Å². The van der Waals surface area contributed by atoms with E-state index in [0.717, 1.165) is 23.2 Å². The van der Waals surface area contributed by atoms with Crippen molar-refractivity contribution in [3.05, 3.63) is 102 Å². The van der Waals surface area contributed by atoms with E-state index in [1.54, 1.807) is 0 Å². The van der Waals surface area contributed by atoms with Gasteiger partial charge in [-0.2, -0.15) is 4.68 Å². The Morgan fingerprint density at radius 1 is 0.828 bits per heavy atom. The third-order valence-corrected chi connectivity index (χ3v) is 5.36. The van der Waals surface area contributed by atoms with E-state index in [2.05, 4.69) is 107 Å². The van der Waals surface area contributed by atoms with Crippen molar-refractivity contribution in [1.82, 2.24) is 20.2 Å². The maximum absolute atomic E-state index is 4.19. The molecule has 5 heteroatoms. The van der Waals surface area contributed by atoms with Gasteiger partial charge in [-0.1, -0.05) is 90.9 Å². The number of fused-ring (bicyclic) bond motifs is 1. The van der Waals surface area contributed by atoms with Crippen LogP contribution in [0, 0.1) is 0 Å². The molecule has 1 aliphatic rings. The van der Waals surface area contributed by atoms with E-state index in [0.29, 0.717) is 5.95 Å². The van der Waals surface area contributed by atoms with Gasteiger partial charge in [0, 0.05) is 5.70 Å². The topological polar surface area (TPSA) is 55.6 Å². The summed E-state index contributed by atoms with van der Waals surface area (Å²) in [4.78, 5) is 0. The average molecular weight is 379 g/mol. The Balaban J connectivity index is 1.50. The van der Waals surface area contributed by atoms with Gasteiger partial charge in [-0.25, -0.2) is 0 Å². The highest BCUT2D eigenvalue weighted by molar-refractivity contribution is 5.78. The molecule has 1 N–H and O–H groups in total. The zero-order valence-corrected chi connectivity index (χ0v) is 16.2. The molecular formula is C24H21N5. The summed E-state index contributed by atoms with van der Waals surface area (Å²) in [5.41, 5.74) is 7.01. The minimum Gasteiger partial charge on any atom is -0.323 e. The normalized spacial score (nSPS) is 15.3. The van der Waals surface area contributed by atoms with Gasteiger partial charge in [0.25, 0.3) is 0 Å². The van der Waals surface area contributed by atoms with Crippen LogP contribution in [0.25, 0.3) is 16.8 Å². The molecule has 0 aliphatic carbocycles. The first-order valence-corrected chi connectivity index (χ1v) is 9.83. The second-order valence-corrected chi connectivity index (χ2v) is 7.14. The van der Waals surface area contributed by atoms with Crippen LogP contribution >= 0.6 is 0 Å². The molecule has 142 valence electrons.